The molecule has 1 fully saturated rings. The van der Waals surface area contributed by atoms with Gasteiger partial charge in [-0.05, 0) is 32.0 Å². The molecule has 0 amide bonds. The minimum absolute atomic E-state index is 0.0104. The maximum Gasteiger partial charge on any atom is 0.192 e. The molecular weight excluding hydrogens is 368 g/mol. The molecule has 0 bridgehead atoms. The van der Waals surface area contributed by atoms with E-state index in [-0.39, 0.29) is 34.7 Å². The maximum atomic E-state index is 13.5. The second kappa shape index (κ2) is 5.97. The van der Waals surface area contributed by atoms with Gasteiger partial charge in [0.2, 0.25) is 0 Å². The molecule has 1 saturated heterocycles. The van der Waals surface area contributed by atoms with Crippen LogP contribution in [0.2, 0.25) is 18.1 Å². The third kappa shape index (κ3) is 2.71. The lowest BCUT2D eigenvalue weighted by molar-refractivity contribution is 0.0813. The molecule has 1 heterocycles. The molecule has 0 aromatic heterocycles. The van der Waals surface area contributed by atoms with E-state index in [1.807, 2.05) is 19.1 Å². The Kier molecular flexibility index (Phi) is 4.21. The minimum atomic E-state index is -2.04. The molecule has 5 heteroatoms. The van der Waals surface area contributed by atoms with Crippen LogP contribution >= 0.6 is 0 Å². The highest BCUT2D eigenvalue weighted by atomic mass is 28.4. The molecule has 0 saturated carbocycles. The van der Waals surface area contributed by atoms with Gasteiger partial charge >= 0.3 is 0 Å². The highest BCUT2D eigenvalue weighted by Gasteiger charge is 2.65. The van der Waals surface area contributed by atoms with Gasteiger partial charge in [0, 0.05) is 34.6 Å². The average Bonchev–Trinajstić information content (AvgIpc) is 3.27. The van der Waals surface area contributed by atoms with Crippen molar-refractivity contribution in [2.45, 2.75) is 77.0 Å². The lowest BCUT2D eigenvalue weighted by Crippen LogP contribution is -2.50. The van der Waals surface area contributed by atoms with Crippen LogP contribution in [0.15, 0.2) is 35.4 Å². The first-order valence-electron chi connectivity index (χ1n) is 10.2. The fraction of sp³-hybridized carbons (Fsp3) is 0.565. The van der Waals surface area contributed by atoms with E-state index in [0.717, 1.165) is 0 Å². The Morgan fingerprint density at radius 2 is 1.71 bits per heavy atom. The molecule has 2 aliphatic carbocycles. The topological polar surface area (TPSA) is 55.9 Å². The van der Waals surface area contributed by atoms with Gasteiger partial charge in [0.15, 0.2) is 19.9 Å². The second-order valence-electron chi connectivity index (χ2n) is 10.2. The van der Waals surface area contributed by atoms with Crippen molar-refractivity contribution in [3.05, 3.63) is 46.5 Å². The predicted octanol–water partition coefficient (Wildman–Crippen LogP) is 4.95. The zero-order valence-corrected chi connectivity index (χ0v) is 18.9. The Hall–Kier alpha value is -1.56. The van der Waals surface area contributed by atoms with Crippen molar-refractivity contribution in [3.63, 3.8) is 0 Å². The standard InChI is InChI=1S/C23H30O4Si/c1-13(27-28(6,7)22(2,3)4)19-18-16(12-17-23(19,5)26-17)20(24)14-10-8-9-11-15(14)21(18)25/h8-11,13,17,19H,12H2,1-7H3/t13-,17-,19-,23-/m1/s1. The van der Waals surface area contributed by atoms with Crippen molar-refractivity contribution >= 4 is 19.9 Å². The van der Waals surface area contributed by atoms with Gasteiger partial charge in [-0.1, -0.05) is 45.0 Å². The van der Waals surface area contributed by atoms with Crippen LogP contribution in [0, 0.1) is 5.92 Å². The van der Waals surface area contributed by atoms with Crippen LogP contribution < -0.4 is 0 Å². The predicted molar refractivity (Wildman–Crippen MR) is 111 cm³/mol. The van der Waals surface area contributed by atoms with Crippen LogP contribution in [0.4, 0.5) is 0 Å². The summed E-state index contributed by atoms with van der Waals surface area (Å²) >= 11 is 0. The summed E-state index contributed by atoms with van der Waals surface area (Å²) in [6, 6.07) is 7.15. The van der Waals surface area contributed by atoms with E-state index in [9.17, 15) is 9.59 Å². The second-order valence-corrected chi connectivity index (χ2v) is 14.9. The highest BCUT2D eigenvalue weighted by molar-refractivity contribution is 6.74. The number of hydrogen-bond acceptors (Lipinski definition) is 4. The first-order valence-corrected chi connectivity index (χ1v) is 13.1. The van der Waals surface area contributed by atoms with Crippen molar-refractivity contribution in [1.29, 1.82) is 0 Å². The highest BCUT2D eigenvalue weighted by Crippen LogP contribution is 2.57. The number of fused-ring (bicyclic) bond motifs is 2. The van der Waals surface area contributed by atoms with Crippen LogP contribution in [-0.4, -0.2) is 37.7 Å². The number of ketones is 2. The van der Waals surface area contributed by atoms with E-state index in [2.05, 4.69) is 40.8 Å². The third-order valence-electron chi connectivity index (χ3n) is 7.31. The van der Waals surface area contributed by atoms with Gasteiger partial charge in [-0.15, -0.1) is 0 Å². The molecule has 0 unspecified atom stereocenters. The first kappa shape index (κ1) is 19.7. The van der Waals surface area contributed by atoms with Gasteiger partial charge in [0.25, 0.3) is 0 Å². The quantitative estimate of drug-likeness (QED) is 0.534. The maximum absolute atomic E-state index is 13.5. The molecule has 4 nitrogen and oxygen atoms in total. The molecule has 3 aliphatic rings. The van der Waals surface area contributed by atoms with E-state index >= 15 is 0 Å². The molecule has 150 valence electrons. The van der Waals surface area contributed by atoms with E-state index < -0.39 is 13.9 Å². The van der Waals surface area contributed by atoms with Gasteiger partial charge in [0.05, 0.1) is 12.2 Å². The molecular formula is C23H30O4Si. The van der Waals surface area contributed by atoms with Crippen LogP contribution in [-0.2, 0) is 9.16 Å². The lowest BCUT2D eigenvalue weighted by atomic mass is 9.67. The molecule has 28 heavy (non-hydrogen) atoms. The zero-order chi connectivity index (χ0) is 20.6. The van der Waals surface area contributed by atoms with Crippen molar-refractivity contribution in [1.82, 2.24) is 0 Å². The lowest BCUT2D eigenvalue weighted by Gasteiger charge is -2.43. The normalized spacial score (nSPS) is 30.5. The summed E-state index contributed by atoms with van der Waals surface area (Å²) in [6.07, 6.45) is 0.320. The molecule has 0 spiro atoms. The molecule has 0 N–H and O–H groups in total. The van der Waals surface area contributed by atoms with E-state index in [4.69, 9.17) is 9.16 Å². The largest absolute Gasteiger partial charge is 0.413 e. The number of Topliss-reactive ketones (excluding diaryl/α,β-unsaturated/α-hetero) is 2. The number of hydrogen-bond donors (Lipinski definition) is 0. The molecule has 1 aliphatic heterocycles. The molecule has 4 atom stereocenters. The van der Waals surface area contributed by atoms with E-state index in [1.165, 1.54) is 0 Å². The van der Waals surface area contributed by atoms with Crippen LogP contribution in [0.5, 0.6) is 0 Å². The summed E-state index contributed by atoms with van der Waals surface area (Å²) in [6.45, 7) is 15.2. The summed E-state index contributed by atoms with van der Waals surface area (Å²) in [5.74, 6) is -0.275. The fourth-order valence-electron chi connectivity index (χ4n) is 4.65. The minimum Gasteiger partial charge on any atom is -0.413 e. The van der Waals surface area contributed by atoms with Crippen LogP contribution in [0.3, 0.4) is 0 Å². The molecule has 1 aromatic carbocycles. The zero-order valence-electron chi connectivity index (χ0n) is 17.9. The van der Waals surface area contributed by atoms with E-state index in [0.29, 0.717) is 28.7 Å². The van der Waals surface area contributed by atoms with Gasteiger partial charge in [-0.2, -0.15) is 0 Å². The summed E-state index contributed by atoms with van der Waals surface area (Å²) in [4.78, 5) is 26.7. The summed E-state index contributed by atoms with van der Waals surface area (Å²) in [5, 5.41) is 0.0663. The van der Waals surface area contributed by atoms with Crippen molar-refractivity contribution in [2.24, 2.45) is 5.92 Å². The van der Waals surface area contributed by atoms with Crippen LogP contribution in [0.1, 0.15) is 61.8 Å². The molecule has 4 rings (SSSR count). The van der Waals surface area contributed by atoms with E-state index in [1.54, 1.807) is 12.1 Å². The van der Waals surface area contributed by atoms with Gasteiger partial charge in [-0.3, -0.25) is 9.59 Å². The van der Waals surface area contributed by atoms with Gasteiger partial charge in [-0.25, -0.2) is 0 Å². The molecule has 1 aromatic rings. The number of benzene rings is 1. The number of epoxide rings is 1. The third-order valence-corrected chi connectivity index (χ3v) is 11.9. The number of ether oxygens (including phenoxy) is 1. The number of carbonyl (C=O) groups is 2. The first-order chi connectivity index (χ1) is 12.9. The van der Waals surface area contributed by atoms with Crippen molar-refractivity contribution in [2.75, 3.05) is 0 Å². The Balaban J connectivity index is 1.78. The van der Waals surface area contributed by atoms with Crippen molar-refractivity contribution < 1.29 is 18.8 Å². The Bertz CT molecular complexity index is 907. The Morgan fingerprint density at radius 3 is 2.29 bits per heavy atom. The fourth-order valence-corrected chi connectivity index (χ4v) is 6.07. The van der Waals surface area contributed by atoms with Crippen LogP contribution in [0.25, 0.3) is 0 Å². The number of carbonyl (C=O) groups excluding carboxylic acids is 2. The summed E-state index contributed by atoms with van der Waals surface area (Å²) < 4.78 is 12.8. The summed E-state index contributed by atoms with van der Waals surface area (Å²) in [7, 11) is -2.04. The Morgan fingerprint density at radius 1 is 1.14 bits per heavy atom. The SMILES string of the molecule is C[C@@H](O[Si](C)(C)C(C)(C)C)[C@@H]1C2=C(C[C@H]3O[C@]31C)C(=O)c1ccccc1C2=O. The average molecular weight is 399 g/mol. The van der Waals surface area contributed by atoms with Gasteiger partial charge < -0.3 is 9.16 Å². The molecule has 0 radical (unpaired) electrons. The number of rotatable bonds is 3. The van der Waals surface area contributed by atoms with Crippen molar-refractivity contribution in [3.8, 4) is 0 Å². The summed E-state index contributed by atoms with van der Waals surface area (Å²) in [5.41, 5.74) is 1.87. The van der Waals surface area contributed by atoms with Gasteiger partial charge in [0.1, 0.15) is 5.60 Å². The monoisotopic (exact) mass is 398 g/mol. The Labute approximate surface area is 168 Å². The smallest absolute Gasteiger partial charge is 0.192 e.